The van der Waals surface area contributed by atoms with Gasteiger partial charge in [0, 0.05) is 12.5 Å². The summed E-state index contributed by atoms with van der Waals surface area (Å²) in [6.07, 6.45) is 1.58. The molecule has 8 heteroatoms. The van der Waals surface area contributed by atoms with Crippen molar-refractivity contribution in [3.63, 3.8) is 0 Å². The average molecular weight is 329 g/mol. The first-order valence-electron chi connectivity index (χ1n) is 6.65. The lowest BCUT2D eigenvalue weighted by Gasteiger charge is -2.03. The quantitative estimate of drug-likeness (QED) is 0.496. The van der Waals surface area contributed by atoms with Crippen molar-refractivity contribution in [1.82, 2.24) is 14.6 Å². The van der Waals surface area contributed by atoms with Gasteiger partial charge in [-0.1, -0.05) is 29.5 Å². The van der Waals surface area contributed by atoms with E-state index < -0.39 is 11.5 Å². The van der Waals surface area contributed by atoms with E-state index in [2.05, 4.69) is 10.1 Å². The van der Waals surface area contributed by atoms with Gasteiger partial charge in [-0.05, 0) is 19.1 Å². The molecule has 0 N–H and O–H groups in total. The topological polar surface area (TPSA) is 90.6 Å². The molecule has 2 heterocycles. The Morgan fingerprint density at radius 3 is 2.78 bits per heavy atom. The predicted octanol–water partition coefficient (Wildman–Crippen LogP) is 0.293. The maximum Gasteiger partial charge on any atom is 0.308 e. The van der Waals surface area contributed by atoms with Crippen LogP contribution in [0.4, 0.5) is 0 Å². The molecule has 0 unspecified atom stereocenters. The van der Waals surface area contributed by atoms with Gasteiger partial charge in [-0.25, -0.2) is 0 Å². The van der Waals surface area contributed by atoms with Crippen LogP contribution in [0.3, 0.4) is 0 Å². The lowest BCUT2D eigenvalue weighted by molar-refractivity contribution is -0.131. The minimum atomic E-state index is -0.460. The molecule has 116 valence electrons. The monoisotopic (exact) mass is 329 g/mol. The van der Waals surface area contributed by atoms with Gasteiger partial charge in [-0.2, -0.15) is 14.6 Å². The van der Waals surface area contributed by atoms with Gasteiger partial charge in [-0.3, -0.25) is 14.4 Å². The van der Waals surface area contributed by atoms with E-state index in [1.165, 1.54) is 13.8 Å². The normalized spacial score (nSPS) is 11.8. The highest BCUT2D eigenvalue weighted by atomic mass is 32.1. The number of fused-ring (bicyclic) bond motifs is 1. The standard InChI is InChI=1S/C15H11N3O4S/c1-8-13(20)16-15-18(17-8)14(21)12(23-15)7-10-5-3-4-6-11(10)22-9(2)19/h3-7H,1-2H3/b12-7-. The molecule has 0 spiro atoms. The summed E-state index contributed by atoms with van der Waals surface area (Å²) in [4.78, 5) is 39.1. The zero-order chi connectivity index (χ0) is 16.6. The van der Waals surface area contributed by atoms with Crippen LogP contribution >= 0.6 is 11.3 Å². The number of thiazole rings is 1. The molecule has 0 bridgehead atoms. The molecule has 1 aromatic carbocycles. The van der Waals surface area contributed by atoms with Crippen LogP contribution in [0.25, 0.3) is 11.0 Å². The summed E-state index contributed by atoms with van der Waals surface area (Å²) in [6.45, 7) is 2.80. The first kappa shape index (κ1) is 15.0. The fourth-order valence-electron chi connectivity index (χ4n) is 1.98. The van der Waals surface area contributed by atoms with Gasteiger partial charge in [0.1, 0.15) is 11.4 Å². The number of ether oxygens (including phenoxy) is 1. The second kappa shape index (κ2) is 5.73. The fourth-order valence-corrected chi connectivity index (χ4v) is 2.87. The number of rotatable bonds is 2. The van der Waals surface area contributed by atoms with Crippen LogP contribution in [0.15, 0.2) is 33.9 Å². The Morgan fingerprint density at radius 1 is 1.30 bits per heavy atom. The number of carbonyl (C=O) groups is 1. The number of hydrogen-bond acceptors (Lipinski definition) is 7. The molecule has 0 aliphatic carbocycles. The molecule has 3 rings (SSSR count). The highest BCUT2D eigenvalue weighted by molar-refractivity contribution is 7.15. The number of aromatic nitrogens is 3. The first-order chi connectivity index (χ1) is 11.0. The van der Waals surface area contributed by atoms with E-state index in [-0.39, 0.29) is 16.2 Å². The van der Waals surface area contributed by atoms with Gasteiger partial charge < -0.3 is 4.74 Å². The third kappa shape index (κ3) is 2.88. The zero-order valence-electron chi connectivity index (χ0n) is 12.3. The highest BCUT2D eigenvalue weighted by Crippen LogP contribution is 2.18. The average Bonchev–Trinajstić information content (AvgIpc) is 2.78. The molecule has 2 aromatic heterocycles. The molecule has 7 nitrogen and oxygen atoms in total. The number of aryl methyl sites for hydroxylation is 1. The van der Waals surface area contributed by atoms with Crippen LogP contribution in [-0.4, -0.2) is 20.6 Å². The highest BCUT2D eigenvalue weighted by Gasteiger charge is 2.09. The number of para-hydroxylation sites is 1. The molecule has 0 radical (unpaired) electrons. The largest absolute Gasteiger partial charge is 0.426 e. The first-order valence-corrected chi connectivity index (χ1v) is 7.47. The maximum atomic E-state index is 12.4. The molecule has 3 aromatic rings. The summed E-state index contributed by atoms with van der Waals surface area (Å²) in [5.41, 5.74) is -0.105. The summed E-state index contributed by atoms with van der Waals surface area (Å²) in [6, 6.07) is 6.84. The van der Waals surface area contributed by atoms with Crippen molar-refractivity contribution in [3.05, 3.63) is 60.8 Å². The Hall–Kier alpha value is -2.87. The Bertz CT molecular complexity index is 1080. The van der Waals surface area contributed by atoms with Crippen molar-refractivity contribution in [2.24, 2.45) is 0 Å². The third-order valence-electron chi connectivity index (χ3n) is 3.00. The van der Waals surface area contributed by atoms with Crippen molar-refractivity contribution >= 4 is 28.3 Å². The Morgan fingerprint density at radius 2 is 2.04 bits per heavy atom. The molecule has 0 fully saturated rings. The summed E-state index contributed by atoms with van der Waals surface area (Å²) in [5, 5.41) is 3.94. The van der Waals surface area contributed by atoms with Gasteiger partial charge in [0.25, 0.3) is 11.1 Å². The minimum absolute atomic E-state index is 0.157. The fraction of sp³-hybridized carbons (Fsp3) is 0.133. The minimum Gasteiger partial charge on any atom is -0.426 e. The molecule has 0 amide bonds. The van der Waals surface area contributed by atoms with E-state index in [0.29, 0.717) is 15.8 Å². The molecule has 23 heavy (non-hydrogen) atoms. The lowest BCUT2D eigenvalue weighted by Crippen LogP contribution is -2.27. The summed E-state index contributed by atoms with van der Waals surface area (Å²) in [7, 11) is 0. The van der Waals surface area contributed by atoms with E-state index in [1.807, 2.05) is 0 Å². The number of esters is 1. The zero-order valence-corrected chi connectivity index (χ0v) is 13.1. The van der Waals surface area contributed by atoms with Crippen molar-refractivity contribution in [2.45, 2.75) is 13.8 Å². The smallest absolute Gasteiger partial charge is 0.308 e. The van der Waals surface area contributed by atoms with E-state index in [4.69, 9.17) is 4.74 Å². The number of benzene rings is 1. The molecular formula is C15H11N3O4S. The van der Waals surface area contributed by atoms with E-state index in [9.17, 15) is 14.4 Å². The van der Waals surface area contributed by atoms with Crippen molar-refractivity contribution in [1.29, 1.82) is 0 Å². The predicted molar refractivity (Wildman–Crippen MR) is 84.7 cm³/mol. The van der Waals surface area contributed by atoms with Crippen LogP contribution in [0.1, 0.15) is 18.2 Å². The van der Waals surface area contributed by atoms with Crippen molar-refractivity contribution < 1.29 is 9.53 Å². The number of nitrogens with zero attached hydrogens (tertiary/aromatic N) is 3. The maximum absolute atomic E-state index is 12.4. The van der Waals surface area contributed by atoms with Gasteiger partial charge in [0.2, 0.25) is 4.96 Å². The molecule has 0 atom stereocenters. The van der Waals surface area contributed by atoms with Crippen LogP contribution in [0.5, 0.6) is 5.75 Å². The van der Waals surface area contributed by atoms with Gasteiger partial charge >= 0.3 is 5.97 Å². The van der Waals surface area contributed by atoms with Crippen LogP contribution in [0.2, 0.25) is 0 Å². The van der Waals surface area contributed by atoms with Crippen LogP contribution in [-0.2, 0) is 4.79 Å². The Kier molecular flexibility index (Phi) is 3.75. The van der Waals surface area contributed by atoms with E-state index in [0.717, 1.165) is 15.9 Å². The summed E-state index contributed by atoms with van der Waals surface area (Å²) < 4.78 is 6.56. The molecule has 0 aliphatic heterocycles. The van der Waals surface area contributed by atoms with E-state index >= 15 is 0 Å². The van der Waals surface area contributed by atoms with Crippen molar-refractivity contribution in [2.75, 3.05) is 0 Å². The summed E-state index contributed by atoms with van der Waals surface area (Å²) >= 11 is 1.05. The van der Waals surface area contributed by atoms with Crippen LogP contribution in [0, 0.1) is 6.92 Å². The molecular weight excluding hydrogens is 318 g/mol. The Balaban J connectivity index is 2.23. The number of hydrogen-bond donors (Lipinski definition) is 0. The molecule has 0 saturated carbocycles. The lowest BCUT2D eigenvalue weighted by atomic mass is 10.2. The van der Waals surface area contributed by atoms with Crippen LogP contribution < -0.4 is 20.4 Å². The number of carbonyl (C=O) groups excluding carboxylic acids is 1. The van der Waals surface area contributed by atoms with Gasteiger partial charge in [0.05, 0.1) is 4.53 Å². The second-order valence-electron chi connectivity index (χ2n) is 4.74. The van der Waals surface area contributed by atoms with Gasteiger partial charge in [-0.15, -0.1) is 0 Å². The van der Waals surface area contributed by atoms with E-state index in [1.54, 1.807) is 30.3 Å². The molecule has 0 aliphatic rings. The van der Waals surface area contributed by atoms with Crippen molar-refractivity contribution in [3.8, 4) is 5.75 Å². The third-order valence-corrected chi connectivity index (χ3v) is 3.96. The molecule has 0 saturated heterocycles. The Labute approximate surface area is 133 Å². The SMILES string of the molecule is CC(=O)Oc1ccccc1/C=c1\sc2nc(=O)c(C)nn2c1=O. The summed E-state index contributed by atoms with van der Waals surface area (Å²) in [5.74, 6) is -0.0997. The second-order valence-corrected chi connectivity index (χ2v) is 5.75. The van der Waals surface area contributed by atoms with Gasteiger partial charge in [0.15, 0.2) is 0 Å².